The van der Waals surface area contributed by atoms with E-state index in [2.05, 4.69) is 44.8 Å². The van der Waals surface area contributed by atoms with Gasteiger partial charge in [-0.05, 0) is 55.2 Å². The lowest BCUT2D eigenvalue weighted by Crippen LogP contribution is -2.16. The summed E-state index contributed by atoms with van der Waals surface area (Å²) >= 11 is 0. The molecule has 0 spiro atoms. The normalized spacial score (nSPS) is 19.0. The molecule has 0 aliphatic heterocycles. The van der Waals surface area contributed by atoms with E-state index in [4.69, 9.17) is 9.52 Å². The molecule has 0 atom stereocenters. The molecule has 3 aromatic rings. The molecular weight excluding hydrogens is 404 g/mol. The Morgan fingerprint density at radius 3 is 2.34 bits per heavy atom. The summed E-state index contributed by atoms with van der Waals surface area (Å²) in [5, 5.41) is 20.2. The fraction of sp³-hybridized carbons (Fsp3) is 0.440. The number of rotatable bonds is 6. The zero-order valence-corrected chi connectivity index (χ0v) is 18.8. The molecule has 1 aliphatic rings. The summed E-state index contributed by atoms with van der Waals surface area (Å²) in [7, 11) is 0. The van der Waals surface area contributed by atoms with Crippen LogP contribution in [0, 0.1) is 5.92 Å². The molecule has 32 heavy (non-hydrogen) atoms. The van der Waals surface area contributed by atoms with Crippen LogP contribution in [-0.4, -0.2) is 26.3 Å². The van der Waals surface area contributed by atoms with Gasteiger partial charge in [-0.25, -0.2) is 0 Å². The van der Waals surface area contributed by atoms with Crippen molar-refractivity contribution in [2.45, 2.75) is 64.2 Å². The number of aromatic nitrogens is 3. The number of nitrogens with zero attached hydrogens (tertiary/aromatic N) is 3. The Morgan fingerprint density at radius 2 is 1.78 bits per heavy atom. The van der Waals surface area contributed by atoms with Gasteiger partial charge in [0.1, 0.15) is 0 Å². The molecule has 7 nitrogen and oxygen atoms in total. The highest BCUT2D eigenvalue weighted by Crippen LogP contribution is 2.37. The minimum Gasteiger partial charge on any atom is -0.481 e. The maximum absolute atomic E-state index is 10.9. The highest BCUT2D eigenvalue weighted by Gasteiger charge is 2.24. The van der Waals surface area contributed by atoms with Crippen molar-refractivity contribution in [3.63, 3.8) is 0 Å². The second-order valence-corrected chi connectivity index (χ2v) is 9.66. The highest BCUT2D eigenvalue weighted by molar-refractivity contribution is 5.67. The average molecular weight is 435 g/mol. The molecule has 1 fully saturated rings. The third kappa shape index (κ3) is 5.33. The molecule has 0 amide bonds. The lowest BCUT2D eigenvalue weighted by molar-refractivity contribution is -0.138. The van der Waals surface area contributed by atoms with E-state index in [1.807, 2.05) is 32.9 Å². The average Bonchev–Trinajstić information content (AvgIpc) is 3.24. The molecule has 0 radical (unpaired) electrons. The first-order chi connectivity index (χ1) is 15.3. The Bertz CT molecular complexity index is 1040. The van der Waals surface area contributed by atoms with Crippen LogP contribution in [0.2, 0.25) is 0 Å². The maximum atomic E-state index is 10.9. The van der Waals surface area contributed by atoms with Gasteiger partial charge in [0.15, 0.2) is 0 Å². The van der Waals surface area contributed by atoms with Crippen molar-refractivity contribution in [1.29, 1.82) is 0 Å². The molecule has 168 valence electrons. The molecule has 0 bridgehead atoms. The summed E-state index contributed by atoms with van der Waals surface area (Å²) in [5.74, 6) is 0.742. The summed E-state index contributed by atoms with van der Waals surface area (Å²) in [4.78, 5) is 15.5. The van der Waals surface area contributed by atoms with E-state index < -0.39 is 5.97 Å². The molecule has 0 saturated heterocycles. The van der Waals surface area contributed by atoms with Gasteiger partial charge in [0.2, 0.25) is 5.89 Å². The van der Waals surface area contributed by atoms with Crippen LogP contribution >= 0.6 is 0 Å². The van der Waals surface area contributed by atoms with E-state index in [-0.39, 0.29) is 5.41 Å². The molecule has 2 heterocycles. The Morgan fingerprint density at radius 1 is 1.06 bits per heavy atom. The standard InChI is InChI=1S/C25H30N4O3/c1-25(2,3)23-28-29-24(32-23)27-20-12-13-21(26-15-20)19-10-8-18(9-11-19)17-6-4-16(5-7-17)14-22(30)31/h8-13,15-17H,4-7,14H2,1-3H3,(H,27,29)(H,30,31). The lowest BCUT2D eigenvalue weighted by atomic mass is 9.77. The number of carboxylic acid groups (broad SMARTS) is 1. The van der Waals surface area contributed by atoms with Gasteiger partial charge in [-0.1, -0.05) is 50.1 Å². The van der Waals surface area contributed by atoms with Crippen LogP contribution in [0.15, 0.2) is 47.0 Å². The molecule has 4 rings (SSSR count). The molecule has 1 aliphatic carbocycles. The monoisotopic (exact) mass is 434 g/mol. The number of carbonyl (C=O) groups is 1. The number of anilines is 2. The van der Waals surface area contributed by atoms with Crippen LogP contribution in [0.25, 0.3) is 11.3 Å². The molecule has 7 heteroatoms. The molecule has 2 aromatic heterocycles. The summed E-state index contributed by atoms with van der Waals surface area (Å²) < 4.78 is 5.67. The lowest BCUT2D eigenvalue weighted by Gasteiger charge is -2.28. The first-order valence-corrected chi connectivity index (χ1v) is 11.2. The zero-order valence-electron chi connectivity index (χ0n) is 18.8. The quantitative estimate of drug-likeness (QED) is 0.496. The van der Waals surface area contributed by atoms with Gasteiger partial charge in [0.05, 0.1) is 17.6 Å². The van der Waals surface area contributed by atoms with Gasteiger partial charge in [-0.2, -0.15) is 0 Å². The Labute approximate surface area is 188 Å². The first-order valence-electron chi connectivity index (χ1n) is 11.2. The molecule has 2 N–H and O–H groups in total. The van der Waals surface area contributed by atoms with E-state index in [0.29, 0.717) is 30.2 Å². The van der Waals surface area contributed by atoms with Crippen molar-refractivity contribution in [1.82, 2.24) is 15.2 Å². The third-order valence-corrected chi connectivity index (χ3v) is 6.07. The summed E-state index contributed by atoms with van der Waals surface area (Å²) in [6.45, 7) is 6.07. The number of hydrogen-bond acceptors (Lipinski definition) is 6. The fourth-order valence-electron chi connectivity index (χ4n) is 4.21. The Hall–Kier alpha value is -3.22. The summed E-state index contributed by atoms with van der Waals surface area (Å²) in [6.07, 6.45) is 6.16. The van der Waals surface area contributed by atoms with Crippen LogP contribution in [-0.2, 0) is 10.2 Å². The van der Waals surface area contributed by atoms with Crippen molar-refractivity contribution >= 4 is 17.7 Å². The third-order valence-electron chi connectivity index (χ3n) is 6.07. The minimum absolute atomic E-state index is 0.195. The minimum atomic E-state index is -0.682. The maximum Gasteiger partial charge on any atom is 0.320 e. The predicted molar refractivity (Wildman–Crippen MR) is 123 cm³/mol. The highest BCUT2D eigenvalue weighted by atomic mass is 16.4. The van der Waals surface area contributed by atoms with Crippen molar-refractivity contribution in [2.24, 2.45) is 5.92 Å². The van der Waals surface area contributed by atoms with Crippen LogP contribution in [0.4, 0.5) is 11.7 Å². The van der Waals surface area contributed by atoms with Gasteiger partial charge in [-0.15, -0.1) is 5.10 Å². The van der Waals surface area contributed by atoms with E-state index >= 15 is 0 Å². The van der Waals surface area contributed by atoms with Crippen molar-refractivity contribution < 1.29 is 14.3 Å². The van der Waals surface area contributed by atoms with Gasteiger partial charge >= 0.3 is 12.0 Å². The number of hydrogen-bond donors (Lipinski definition) is 2. The molecule has 1 aromatic carbocycles. The van der Waals surface area contributed by atoms with Gasteiger partial charge in [-0.3, -0.25) is 9.78 Å². The number of benzene rings is 1. The predicted octanol–water partition coefficient (Wildman–Crippen LogP) is 5.92. The number of aliphatic carboxylic acids is 1. The number of carboxylic acids is 1. The Balaban J connectivity index is 1.36. The fourth-order valence-corrected chi connectivity index (χ4v) is 4.21. The van der Waals surface area contributed by atoms with E-state index in [0.717, 1.165) is 42.6 Å². The van der Waals surface area contributed by atoms with Crippen LogP contribution in [0.5, 0.6) is 0 Å². The van der Waals surface area contributed by atoms with Gasteiger partial charge < -0.3 is 14.8 Å². The van der Waals surface area contributed by atoms with Gasteiger partial charge in [0.25, 0.3) is 0 Å². The summed E-state index contributed by atoms with van der Waals surface area (Å²) in [6, 6.07) is 12.8. The molecular formula is C25H30N4O3. The largest absolute Gasteiger partial charge is 0.481 e. The first kappa shape index (κ1) is 22.0. The van der Waals surface area contributed by atoms with Crippen molar-refractivity contribution in [3.05, 3.63) is 54.0 Å². The van der Waals surface area contributed by atoms with E-state index in [1.165, 1.54) is 5.56 Å². The number of pyridine rings is 1. The van der Waals surface area contributed by atoms with Gasteiger partial charge in [0, 0.05) is 17.4 Å². The molecule has 1 saturated carbocycles. The van der Waals surface area contributed by atoms with Crippen molar-refractivity contribution in [3.8, 4) is 11.3 Å². The smallest absolute Gasteiger partial charge is 0.320 e. The topological polar surface area (TPSA) is 101 Å². The molecule has 0 unspecified atom stereocenters. The van der Waals surface area contributed by atoms with Crippen LogP contribution in [0.1, 0.15) is 70.2 Å². The second-order valence-electron chi connectivity index (χ2n) is 9.66. The van der Waals surface area contributed by atoms with Crippen LogP contribution < -0.4 is 5.32 Å². The SMILES string of the molecule is CC(C)(C)c1nnc(Nc2ccc(-c3ccc(C4CCC(CC(=O)O)CC4)cc3)nc2)o1. The summed E-state index contributed by atoms with van der Waals surface area (Å²) in [5.41, 5.74) is 3.87. The van der Waals surface area contributed by atoms with Crippen molar-refractivity contribution in [2.75, 3.05) is 5.32 Å². The Kier molecular flexibility index (Phi) is 6.26. The second kappa shape index (κ2) is 9.10. The van der Waals surface area contributed by atoms with Crippen LogP contribution in [0.3, 0.4) is 0 Å². The number of nitrogens with one attached hydrogen (secondary N) is 1. The van der Waals surface area contributed by atoms with E-state index in [9.17, 15) is 4.79 Å². The van der Waals surface area contributed by atoms with E-state index in [1.54, 1.807) is 6.20 Å². The zero-order chi connectivity index (χ0) is 22.7.